The summed E-state index contributed by atoms with van der Waals surface area (Å²) in [5, 5.41) is 27.9. The van der Waals surface area contributed by atoms with Gasteiger partial charge < -0.3 is 26.2 Å². The quantitative estimate of drug-likeness (QED) is 0.379. The van der Waals surface area contributed by atoms with Crippen LogP contribution in [-0.2, 0) is 6.54 Å². The summed E-state index contributed by atoms with van der Waals surface area (Å²) in [4.78, 5) is 25.3. The minimum atomic E-state index is -0.320. The van der Waals surface area contributed by atoms with Crippen molar-refractivity contribution in [1.82, 2.24) is 5.32 Å². The van der Waals surface area contributed by atoms with E-state index in [0.29, 0.717) is 41.9 Å². The van der Waals surface area contributed by atoms with Crippen LogP contribution >= 0.6 is 0 Å². The van der Waals surface area contributed by atoms with Crippen LogP contribution in [-0.4, -0.2) is 35.2 Å². The zero-order valence-corrected chi connectivity index (χ0v) is 16.8. The van der Waals surface area contributed by atoms with Gasteiger partial charge in [0.1, 0.15) is 5.75 Å². The molecule has 1 heterocycles. The summed E-state index contributed by atoms with van der Waals surface area (Å²) >= 11 is 0. The van der Waals surface area contributed by atoms with Crippen molar-refractivity contribution in [3.8, 4) is 16.9 Å². The molecule has 5 N–H and O–H groups in total. The Labute approximate surface area is 179 Å². The number of phenolic OH excluding ortho intramolecular Hbond substituents is 1. The highest BCUT2D eigenvalue weighted by atomic mass is 16.3. The number of carbonyl (C=O) groups excluding carboxylic acids is 2. The van der Waals surface area contributed by atoms with E-state index >= 15 is 0 Å². The number of rotatable bonds is 7. The Kier molecular flexibility index (Phi) is 5.86. The van der Waals surface area contributed by atoms with Crippen LogP contribution in [0.2, 0.25) is 0 Å². The Hall–Kier alpha value is -3.84. The van der Waals surface area contributed by atoms with Gasteiger partial charge in [-0.2, -0.15) is 0 Å². The highest BCUT2D eigenvalue weighted by Crippen LogP contribution is 2.37. The standard InChI is InChI=1S/C24H23N3O4/c28-13-3-12-25-16-8-6-15(7-9-16)23(30)27-20-11-10-17(18-4-1-2-5-21(18)29)19-14-26-24(31)22(19)20/h1-2,4-11,25,28-29H,3,12-14H2,(H,26,31)(H,27,30). The van der Waals surface area contributed by atoms with Crippen LogP contribution in [0.25, 0.3) is 11.1 Å². The van der Waals surface area contributed by atoms with Gasteiger partial charge in [0.2, 0.25) is 0 Å². The maximum Gasteiger partial charge on any atom is 0.255 e. The molecule has 7 nitrogen and oxygen atoms in total. The van der Waals surface area contributed by atoms with Crippen molar-refractivity contribution < 1.29 is 19.8 Å². The Morgan fingerprint density at radius 3 is 2.52 bits per heavy atom. The van der Waals surface area contributed by atoms with E-state index in [-0.39, 0.29) is 24.2 Å². The van der Waals surface area contributed by atoms with E-state index in [1.54, 1.807) is 54.6 Å². The molecule has 1 aliphatic rings. The van der Waals surface area contributed by atoms with Gasteiger partial charge in [-0.15, -0.1) is 0 Å². The van der Waals surface area contributed by atoms with Crippen LogP contribution in [0.3, 0.4) is 0 Å². The minimum Gasteiger partial charge on any atom is -0.507 e. The number of aliphatic hydroxyl groups is 1. The van der Waals surface area contributed by atoms with Gasteiger partial charge in [-0.05, 0) is 53.9 Å². The molecule has 0 aromatic heterocycles. The van der Waals surface area contributed by atoms with Crippen LogP contribution in [0, 0.1) is 0 Å². The second-order valence-electron chi connectivity index (χ2n) is 7.25. The number of aliphatic hydroxyl groups excluding tert-OH is 1. The smallest absolute Gasteiger partial charge is 0.255 e. The van der Waals surface area contributed by atoms with Crippen molar-refractivity contribution in [2.75, 3.05) is 23.8 Å². The SMILES string of the molecule is O=C(Nc1ccc(-c2ccccc2O)c2c1C(=O)NC2)c1ccc(NCCCO)cc1. The highest BCUT2D eigenvalue weighted by molar-refractivity contribution is 6.11. The van der Waals surface area contributed by atoms with Gasteiger partial charge in [-0.25, -0.2) is 0 Å². The average Bonchev–Trinajstić information content (AvgIpc) is 3.17. The fourth-order valence-corrected chi connectivity index (χ4v) is 3.65. The zero-order valence-electron chi connectivity index (χ0n) is 16.8. The van der Waals surface area contributed by atoms with Crippen LogP contribution in [0.4, 0.5) is 11.4 Å². The molecule has 7 heteroatoms. The normalized spacial score (nSPS) is 12.2. The monoisotopic (exact) mass is 417 g/mol. The molecule has 3 aromatic rings. The predicted octanol–water partition coefficient (Wildman–Crippen LogP) is 3.35. The first-order valence-electron chi connectivity index (χ1n) is 10.1. The number of hydrogen-bond donors (Lipinski definition) is 5. The first kappa shape index (κ1) is 20.4. The lowest BCUT2D eigenvalue weighted by Gasteiger charge is -2.14. The van der Waals surface area contributed by atoms with Gasteiger partial charge in [0, 0.05) is 36.5 Å². The van der Waals surface area contributed by atoms with Crippen molar-refractivity contribution in [2.45, 2.75) is 13.0 Å². The highest BCUT2D eigenvalue weighted by Gasteiger charge is 2.27. The number of hydrogen-bond acceptors (Lipinski definition) is 5. The second-order valence-corrected chi connectivity index (χ2v) is 7.25. The Morgan fingerprint density at radius 1 is 1.00 bits per heavy atom. The van der Waals surface area contributed by atoms with Gasteiger partial charge in [0.15, 0.2) is 0 Å². The van der Waals surface area contributed by atoms with Gasteiger partial charge >= 0.3 is 0 Å². The first-order valence-corrected chi connectivity index (χ1v) is 10.1. The van der Waals surface area contributed by atoms with Gasteiger partial charge in [-0.3, -0.25) is 9.59 Å². The van der Waals surface area contributed by atoms with Gasteiger partial charge in [0.25, 0.3) is 11.8 Å². The summed E-state index contributed by atoms with van der Waals surface area (Å²) in [7, 11) is 0. The fraction of sp³-hybridized carbons (Fsp3) is 0.167. The molecule has 0 bridgehead atoms. The number of fused-ring (bicyclic) bond motifs is 1. The summed E-state index contributed by atoms with van der Waals surface area (Å²) in [6.45, 7) is 1.09. The number of carbonyl (C=O) groups is 2. The summed E-state index contributed by atoms with van der Waals surface area (Å²) in [5.74, 6) is -0.446. The molecule has 1 aliphatic heterocycles. The molecule has 0 unspecified atom stereocenters. The molecular weight excluding hydrogens is 394 g/mol. The molecule has 0 fully saturated rings. The van der Waals surface area contributed by atoms with Crippen molar-refractivity contribution in [2.24, 2.45) is 0 Å². The van der Waals surface area contributed by atoms with Crippen LogP contribution in [0.15, 0.2) is 60.7 Å². The molecule has 0 saturated heterocycles. The predicted molar refractivity (Wildman–Crippen MR) is 119 cm³/mol. The second kappa shape index (κ2) is 8.89. The summed E-state index contributed by atoms with van der Waals surface area (Å²) in [5.41, 5.74) is 4.30. The lowest BCUT2D eigenvalue weighted by molar-refractivity contribution is 0.0966. The summed E-state index contributed by atoms with van der Waals surface area (Å²) in [6.07, 6.45) is 0.645. The van der Waals surface area contributed by atoms with Crippen LogP contribution in [0.1, 0.15) is 32.7 Å². The number of benzene rings is 3. The molecule has 4 rings (SSSR count). The molecule has 0 atom stereocenters. The number of phenols is 1. The Morgan fingerprint density at radius 2 is 1.77 bits per heavy atom. The first-order chi connectivity index (χ1) is 15.1. The summed E-state index contributed by atoms with van der Waals surface area (Å²) in [6, 6.07) is 17.4. The Bertz CT molecular complexity index is 1130. The molecule has 2 amide bonds. The number of amides is 2. The topological polar surface area (TPSA) is 111 Å². The van der Waals surface area contributed by atoms with E-state index in [2.05, 4.69) is 16.0 Å². The fourth-order valence-electron chi connectivity index (χ4n) is 3.65. The zero-order chi connectivity index (χ0) is 21.8. The van der Waals surface area contributed by atoms with E-state index in [4.69, 9.17) is 5.11 Å². The molecule has 3 aromatic carbocycles. The van der Waals surface area contributed by atoms with Crippen molar-refractivity contribution >= 4 is 23.2 Å². The van der Waals surface area contributed by atoms with E-state index in [1.807, 2.05) is 6.07 Å². The third kappa shape index (κ3) is 4.22. The van der Waals surface area contributed by atoms with Gasteiger partial charge in [0.05, 0.1) is 11.3 Å². The molecular formula is C24H23N3O4. The van der Waals surface area contributed by atoms with Crippen LogP contribution in [0.5, 0.6) is 5.75 Å². The maximum atomic E-state index is 12.8. The molecule has 0 radical (unpaired) electrons. The number of para-hydroxylation sites is 1. The van der Waals surface area contributed by atoms with Crippen molar-refractivity contribution in [3.05, 3.63) is 77.4 Å². The molecule has 0 saturated carbocycles. The molecule has 31 heavy (non-hydrogen) atoms. The molecule has 0 spiro atoms. The van der Waals surface area contributed by atoms with E-state index in [9.17, 15) is 14.7 Å². The number of anilines is 2. The van der Waals surface area contributed by atoms with E-state index in [0.717, 1.165) is 16.8 Å². The number of nitrogens with one attached hydrogen (secondary N) is 3. The van der Waals surface area contributed by atoms with Crippen molar-refractivity contribution in [1.29, 1.82) is 0 Å². The maximum absolute atomic E-state index is 12.8. The van der Waals surface area contributed by atoms with Crippen LogP contribution < -0.4 is 16.0 Å². The lowest BCUT2D eigenvalue weighted by atomic mass is 9.95. The number of aromatic hydroxyl groups is 1. The Balaban J connectivity index is 1.58. The molecule has 158 valence electrons. The lowest BCUT2D eigenvalue weighted by Crippen LogP contribution is -2.17. The average molecular weight is 417 g/mol. The van der Waals surface area contributed by atoms with E-state index < -0.39 is 0 Å². The largest absolute Gasteiger partial charge is 0.507 e. The summed E-state index contributed by atoms with van der Waals surface area (Å²) < 4.78 is 0. The molecule has 0 aliphatic carbocycles. The van der Waals surface area contributed by atoms with Crippen molar-refractivity contribution in [3.63, 3.8) is 0 Å². The third-order valence-corrected chi connectivity index (χ3v) is 5.22. The minimum absolute atomic E-state index is 0.119. The third-order valence-electron chi connectivity index (χ3n) is 5.22. The van der Waals surface area contributed by atoms with E-state index in [1.165, 1.54) is 0 Å². The van der Waals surface area contributed by atoms with Gasteiger partial charge in [-0.1, -0.05) is 24.3 Å².